The summed E-state index contributed by atoms with van der Waals surface area (Å²) >= 11 is 0. The van der Waals surface area contributed by atoms with E-state index in [1.165, 1.54) is 6.92 Å². The fraction of sp³-hybridized carbons (Fsp3) is 0.385. The van der Waals surface area contributed by atoms with Gasteiger partial charge in [0.15, 0.2) is 0 Å². The smallest absolute Gasteiger partial charge is 0.244 e. The maximum Gasteiger partial charge on any atom is 0.244 e. The van der Waals surface area contributed by atoms with Crippen LogP contribution in [-0.2, 0) is 16.1 Å². The Morgan fingerprint density at radius 3 is 2.41 bits per heavy atom. The van der Waals surface area contributed by atoms with Crippen LogP contribution in [-0.4, -0.2) is 29.8 Å². The van der Waals surface area contributed by atoms with Crippen LogP contribution in [0.5, 0.6) is 0 Å². The van der Waals surface area contributed by atoms with E-state index in [1.807, 2.05) is 30.3 Å². The summed E-state index contributed by atoms with van der Waals surface area (Å²) in [4.78, 5) is 24.4. The first-order valence-corrected chi connectivity index (χ1v) is 5.56. The largest absolute Gasteiger partial charge is 0.345 e. The van der Waals surface area contributed by atoms with Crippen LogP contribution in [0, 0.1) is 0 Å². The molecule has 92 valence electrons. The molecule has 0 spiro atoms. The second-order valence-corrected chi connectivity index (χ2v) is 4.10. The van der Waals surface area contributed by atoms with Crippen molar-refractivity contribution in [2.75, 3.05) is 7.05 Å². The van der Waals surface area contributed by atoms with Crippen molar-refractivity contribution < 1.29 is 9.59 Å². The highest BCUT2D eigenvalue weighted by atomic mass is 16.2. The predicted octanol–water partition coefficient (Wildman–Crippen LogP) is 1.17. The van der Waals surface area contributed by atoms with Gasteiger partial charge in [-0.25, -0.2) is 0 Å². The van der Waals surface area contributed by atoms with Crippen molar-refractivity contribution in [3.63, 3.8) is 0 Å². The number of hydrogen-bond donors (Lipinski definition) is 1. The molecule has 0 radical (unpaired) electrons. The normalized spacial score (nSPS) is 11.7. The molecule has 0 aliphatic heterocycles. The van der Waals surface area contributed by atoms with E-state index < -0.39 is 6.04 Å². The first kappa shape index (κ1) is 13.2. The van der Waals surface area contributed by atoms with Crippen LogP contribution in [0.15, 0.2) is 30.3 Å². The summed E-state index contributed by atoms with van der Waals surface area (Å²) in [7, 11) is 1.73. The minimum absolute atomic E-state index is 0.0935. The van der Waals surface area contributed by atoms with Crippen molar-refractivity contribution in [1.82, 2.24) is 10.2 Å². The Morgan fingerprint density at radius 2 is 1.88 bits per heavy atom. The van der Waals surface area contributed by atoms with E-state index in [0.717, 1.165) is 5.56 Å². The van der Waals surface area contributed by atoms with E-state index in [9.17, 15) is 9.59 Å². The maximum atomic E-state index is 11.9. The maximum absolute atomic E-state index is 11.9. The predicted molar refractivity (Wildman–Crippen MR) is 66.2 cm³/mol. The first-order chi connectivity index (χ1) is 8.00. The Morgan fingerprint density at radius 1 is 1.29 bits per heavy atom. The van der Waals surface area contributed by atoms with Crippen LogP contribution in [0.25, 0.3) is 0 Å². The summed E-state index contributed by atoms with van der Waals surface area (Å²) < 4.78 is 0. The molecule has 0 unspecified atom stereocenters. The lowest BCUT2D eigenvalue weighted by Crippen LogP contribution is -2.44. The van der Waals surface area contributed by atoms with Crippen molar-refractivity contribution in [3.8, 4) is 0 Å². The van der Waals surface area contributed by atoms with Gasteiger partial charge in [-0.1, -0.05) is 30.3 Å². The van der Waals surface area contributed by atoms with Crippen LogP contribution in [0.4, 0.5) is 0 Å². The third kappa shape index (κ3) is 4.26. The molecule has 1 aromatic carbocycles. The number of amides is 2. The minimum Gasteiger partial charge on any atom is -0.345 e. The number of hydrogen-bond acceptors (Lipinski definition) is 2. The van der Waals surface area contributed by atoms with Gasteiger partial charge in [-0.3, -0.25) is 9.59 Å². The van der Waals surface area contributed by atoms with Gasteiger partial charge in [-0.05, 0) is 12.5 Å². The summed E-state index contributed by atoms with van der Waals surface area (Å²) in [5, 5.41) is 2.58. The van der Waals surface area contributed by atoms with Gasteiger partial charge in [-0.2, -0.15) is 0 Å². The molecule has 4 nitrogen and oxygen atoms in total. The van der Waals surface area contributed by atoms with Gasteiger partial charge in [0.1, 0.15) is 6.04 Å². The van der Waals surface area contributed by atoms with Crippen LogP contribution in [0.2, 0.25) is 0 Å². The van der Waals surface area contributed by atoms with Crippen molar-refractivity contribution in [1.29, 1.82) is 0 Å². The average Bonchev–Trinajstić information content (AvgIpc) is 2.28. The Balaban J connectivity index is 2.55. The van der Waals surface area contributed by atoms with Crippen LogP contribution in [0.3, 0.4) is 0 Å². The van der Waals surface area contributed by atoms with E-state index in [0.29, 0.717) is 6.54 Å². The summed E-state index contributed by atoms with van der Waals surface area (Å²) in [6, 6.07) is 9.25. The highest BCUT2D eigenvalue weighted by molar-refractivity contribution is 5.86. The third-order valence-electron chi connectivity index (χ3n) is 2.43. The van der Waals surface area contributed by atoms with E-state index in [1.54, 1.807) is 18.9 Å². The number of nitrogens with one attached hydrogen (secondary N) is 1. The molecule has 0 aromatic heterocycles. The zero-order valence-corrected chi connectivity index (χ0v) is 10.4. The zero-order valence-electron chi connectivity index (χ0n) is 10.4. The van der Waals surface area contributed by atoms with Crippen LogP contribution in [0.1, 0.15) is 19.4 Å². The fourth-order valence-electron chi connectivity index (χ4n) is 1.63. The number of nitrogens with zero attached hydrogens (tertiary/aromatic N) is 1. The van der Waals surface area contributed by atoms with Crippen molar-refractivity contribution in [2.45, 2.75) is 26.4 Å². The number of benzene rings is 1. The molecule has 2 amide bonds. The minimum atomic E-state index is -0.485. The summed E-state index contributed by atoms with van der Waals surface area (Å²) in [6.07, 6.45) is 0. The zero-order chi connectivity index (χ0) is 12.8. The molecule has 1 atom stereocenters. The van der Waals surface area contributed by atoms with E-state index >= 15 is 0 Å². The molecule has 4 heteroatoms. The average molecular weight is 234 g/mol. The third-order valence-corrected chi connectivity index (χ3v) is 2.43. The molecule has 17 heavy (non-hydrogen) atoms. The standard InChI is InChI=1S/C13H18N2O2/c1-10(14-11(2)16)13(17)15(3)9-12-7-5-4-6-8-12/h4-8,10H,9H2,1-3H3,(H,14,16)/t10-/m0/s1. The van der Waals surface area contributed by atoms with Gasteiger partial charge in [-0.15, -0.1) is 0 Å². The lowest BCUT2D eigenvalue weighted by molar-refractivity contribution is -0.134. The van der Waals surface area contributed by atoms with Crippen molar-refractivity contribution >= 4 is 11.8 Å². The molecule has 0 aliphatic rings. The van der Waals surface area contributed by atoms with Crippen LogP contribution < -0.4 is 5.32 Å². The SMILES string of the molecule is CC(=O)N[C@@H](C)C(=O)N(C)Cc1ccccc1. The summed E-state index contributed by atoms with van der Waals surface area (Å²) in [5.74, 6) is -0.289. The lowest BCUT2D eigenvalue weighted by Gasteiger charge is -2.21. The number of carbonyl (C=O) groups is 2. The van der Waals surface area contributed by atoms with E-state index in [-0.39, 0.29) is 11.8 Å². The monoisotopic (exact) mass is 234 g/mol. The molecule has 0 heterocycles. The Kier molecular flexibility index (Phi) is 4.69. The summed E-state index contributed by atoms with van der Waals surface area (Å²) in [6.45, 7) is 3.63. The molecule has 0 saturated carbocycles. The second-order valence-electron chi connectivity index (χ2n) is 4.10. The first-order valence-electron chi connectivity index (χ1n) is 5.56. The van der Waals surface area contributed by atoms with Gasteiger partial charge in [0.2, 0.25) is 11.8 Å². The topological polar surface area (TPSA) is 49.4 Å². The van der Waals surface area contributed by atoms with E-state index in [4.69, 9.17) is 0 Å². The highest BCUT2D eigenvalue weighted by Crippen LogP contribution is 2.04. The molecule has 1 N–H and O–H groups in total. The van der Waals surface area contributed by atoms with Crippen molar-refractivity contribution in [3.05, 3.63) is 35.9 Å². The van der Waals surface area contributed by atoms with Gasteiger partial charge in [0.05, 0.1) is 0 Å². The molecule has 0 saturated heterocycles. The number of rotatable bonds is 4. The van der Waals surface area contributed by atoms with Gasteiger partial charge in [0, 0.05) is 20.5 Å². The highest BCUT2D eigenvalue weighted by Gasteiger charge is 2.17. The molecule has 1 aromatic rings. The number of carbonyl (C=O) groups excluding carboxylic acids is 2. The van der Waals surface area contributed by atoms with E-state index in [2.05, 4.69) is 5.32 Å². The van der Waals surface area contributed by atoms with Crippen LogP contribution >= 0.6 is 0 Å². The molecular weight excluding hydrogens is 216 g/mol. The summed E-state index contributed by atoms with van der Waals surface area (Å²) in [5.41, 5.74) is 1.07. The Hall–Kier alpha value is -1.84. The molecular formula is C13H18N2O2. The quantitative estimate of drug-likeness (QED) is 0.850. The second kappa shape index (κ2) is 6.03. The molecule has 0 fully saturated rings. The van der Waals surface area contributed by atoms with Gasteiger partial charge < -0.3 is 10.2 Å². The van der Waals surface area contributed by atoms with Gasteiger partial charge in [0.25, 0.3) is 0 Å². The van der Waals surface area contributed by atoms with Crippen molar-refractivity contribution in [2.24, 2.45) is 0 Å². The number of likely N-dealkylation sites (N-methyl/N-ethyl adjacent to an activating group) is 1. The fourth-order valence-corrected chi connectivity index (χ4v) is 1.63. The Bertz CT molecular complexity index is 390. The Labute approximate surface area is 102 Å². The van der Waals surface area contributed by atoms with Gasteiger partial charge >= 0.3 is 0 Å². The lowest BCUT2D eigenvalue weighted by atomic mass is 10.2. The molecule has 1 rings (SSSR count). The molecule has 0 aliphatic carbocycles. The molecule has 0 bridgehead atoms.